The number of benzene rings is 1. The molecule has 2 fully saturated rings. The summed E-state index contributed by atoms with van der Waals surface area (Å²) in [5.41, 5.74) is 7.64. The highest BCUT2D eigenvalue weighted by Gasteiger charge is 2.34. The molecule has 2 aromatic heterocycles. The normalized spacial score (nSPS) is 22.1. The van der Waals surface area contributed by atoms with Crippen LogP contribution in [-0.2, 0) is 11.3 Å². The molecule has 2 aliphatic heterocycles. The molecule has 7 nitrogen and oxygen atoms in total. The van der Waals surface area contributed by atoms with Crippen LogP contribution in [0.15, 0.2) is 60.2 Å². The van der Waals surface area contributed by atoms with Gasteiger partial charge in [-0.1, -0.05) is 36.4 Å². The first-order valence-corrected chi connectivity index (χ1v) is 11.8. The summed E-state index contributed by atoms with van der Waals surface area (Å²) in [5, 5.41) is 2.08. The van der Waals surface area contributed by atoms with Crippen molar-refractivity contribution in [3.8, 4) is 11.4 Å². The van der Waals surface area contributed by atoms with Gasteiger partial charge in [-0.05, 0) is 17.9 Å². The Labute approximate surface area is 186 Å². The lowest BCUT2D eigenvalue weighted by Crippen LogP contribution is -2.54. The predicted molar refractivity (Wildman–Crippen MR) is 122 cm³/mol. The van der Waals surface area contributed by atoms with E-state index in [0.29, 0.717) is 0 Å². The Bertz CT molecular complexity index is 981. The first-order chi connectivity index (χ1) is 15.3. The molecule has 8 heteroatoms. The zero-order valence-corrected chi connectivity index (χ0v) is 18.3. The Kier molecular flexibility index (Phi) is 6.13. The zero-order valence-electron chi connectivity index (χ0n) is 17.5. The van der Waals surface area contributed by atoms with Gasteiger partial charge >= 0.3 is 0 Å². The number of hydrazine groups is 1. The highest BCUT2D eigenvalue weighted by molar-refractivity contribution is 7.10. The number of carbonyl (C=O) groups is 1. The van der Waals surface area contributed by atoms with Crippen LogP contribution in [0.25, 0.3) is 11.4 Å². The van der Waals surface area contributed by atoms with E-state index in [0.717, 1.165) is 57.1 Å². The Balaban J connectivity index is 1.10. The average molecular weight is 437 g/mol. The van der Waals surface area contributed by atoms with Crippen LogP contribution in [0.4, 0.5) is 0 Å². The number of aromatic nitrogens is 2. The summed E-state index contributed by atoms with van der Waals surface area (Å²) < 4.78 is 2.21. The second kappa shape index (κ2) is 9.32. The molecule has 2 atom stereocenters. The van der Waals surface area contributed by atoms with E-state index in [2.05, 4.69) is 54.9 Å². The third-order valence-electron chi connectivity index (χ3n) is 6.18. The van der Waals surface area contributed by atoms with Crippen molar-refractivity contribution >= 4 is 17.2 Å². The van der Waals surface area contributed by atoms with Gasteiger partial charge in [0.05, 0.1) is 6.04 Å². The quantitative estimate of drug-likeness (QED) is 0.621. The third-order valence-corrected chi connectivity index (χ3v) is 7.16. The van der Waals surface area contributed by atoms with E-state index in [1.165, 1.54) is 4.88 Å². The molecule has 2 saturated heterocycles. The molecule has 5 rings (SSSR count). The fraction of sp³-hybridized carbons (Fsp3) is 0.391. The number of piperazine rings is 1. The van der Waals surface area contributed by atoms with Crippen molar-refractivity contribution in [1.82, 2.24) is 30.2 Å². The Hall–Kier alpha value is -2.52. The third kappa shape index (κ3) is 4.57. The molecule has 2 aliphatic rings. The molecule has 1 amide bonds. The lowest BCUT2D eigenvalue weighted by molar-refractivity contribution is -0.135. The molecule has 3 aromatic rings. The van der Waals surface area contributed by atoms with E-state index in [9.17, 15) is 4.79 Å². The Morgan fingerprint density at radius 2 is 1.87 bits per heavy atom. The number of rotatable bonds is 6. The second-order valence-electron chi connectivity index (χ2n) is 8.12. The van der Waals surface area contributed by atoms with E-state index in [4.69, 9.17) is 0 Å². The van der Waals surface area contributed by atoms with Gasteiger partial charge < -0.3 is 9.47 Å². The van der Waals surface area contributed by atoms with Crippen LogP contribution in [0.5, 0.6) is 0 Å². The maximum atomic E-state index is 13.0. The van der Waals surface area contributed by atoms with Crippen LogP contribution in [-0.4, -0.2) is 64.0 Å². The van der Waals surface area contributed by atoms with Crippen LogP contribution in [0, 0.1) is 0 Å². The van der Waals surface area contributed by atoms with Crippen molar-refractivity contribution < 1.29 is 4.79 Å². The summed E-state index contributed by atoms with van der Waals surface area (Å²) in [5.74, 6) is 1.22. The summed E-state index contributed by atoms with van der Waals surface area (Å²) in [6.45, 7) is 5.26. The molecule has 0 bridgehead atoms. The molecule has 4 heterocycles. The van der Waals surface area contributed by atoms with Crippen molar-refractivity contribution in [3.63, 3.8) is 0 Å². The molecule has 2 unspecified atom stereocenters. The van der Waals surface area contributed by atoms with Gasteiger partial charge in [0.2, 0.25) is 5.91 Å². The zero-order chi connectivity index (χ0) is 21.0. The van der Waals surface area contributed by atoms with Gasteiger partial charge in [-0.3, -0.25) is 9.69 Å². The van der Waals surface area contributed by atoms with E-state index in [1.54, 1.807) is 11.3 Å². The average Bonchev–Trinajstić information content (AvgIpc) is 3.59. The first-order valence-electron chi connectivity index (χ1n) is 10.9. The SMILES string of the molecule is O=C(C1CC(c2cccs2)NN1)N1CCN(CCn2ccnc2-c2ccccc2)CC1. The molecule has 0 radical (unpaired) electrons. The molecule has 2 N–H and O–H groups in total. The minimum Gasteiger partial charge on any atom is -0.339 e. The highest BCUT2D eigenvalue weighted by Crippen LogP contribution is 2.26. The van der Waals surface area contributed by atoms with Gasteiger partial charge in [0.25, 0.3) is 0 Å². The van der Waals surface area contributed by atoms with Crippen molar-refractivity contribution in [3.05, 3.63) is 65.1 Å². The molecule has 31 heavy (non-hydrogen) atoms. The fourth-order valence-corrected chi connectivity index (χ4v) is 5.18. The summed E-state index contributed by atoms with van der Waals surface area (Å²) in [6.07, 6.45) is 4.72. The maximum Gasteiger partial charge on any atom is 0.241 e. The van der Waals surface area contributed by atoms with Gasteiger partial charge in [0.1, 0.15) is 11.9 Å². The van der Waals surface area contributed by atoms with Crippen molar-refractivity contribution in [1.29, 1.82) is 0 Å². The van der Waals surface area contributed by atoms with Crippen LogP contribution in [0.2, 0.25) is 0 Å². The summed E-state index contributed by atoms with van der Waals surface area (Å²) in [6, 6.07) is 14.6. The molecule has 162 valence electrons. The van der Waals surface area contributed by atoms with Gasteiger partial charge in [-0.15, -0.1) is 11.3 Å². The number of nitrogens with zero attached hydrogens (tertiary/aromatic N) is 4. The molecule has 0 saturated carbocycles. The van der Waals surface area contributed by atoms with E-state index < -0.39 is 0 Å². The molecule has 1 aromatic carbocycles. The van der Waals surface area contributed by atoms with Crippen LogP contribution >= 0.6 is 11.3 Å². The smallest absolute Gasteiger partial charge is 0.241 e. The van der Waals surface area contributed by atoms with Crippen molar-refractivity contribution in [2.75, 3.05) is 32.7 Å². The Morgan fingerprint density at radius 3 is 2.65 bits per heavy atom. The molecule has 0 spiro atoms. The number of carbonyl (C=O) groups excluding carboxylic acids is 1. The van der Waals surface area contributed by atoms with Crippen LogP contribution < -0.4 is 10.9 Å². The van der Waals surface area contributed by atoms with Gasteiger partial charge in [0.15, 0.2) is 0 Å². The standard InChI is InChI=1S/C23H28N6OS/c30-23(20-17-19(25-26-20)21-7-4-16-31-21)29-14-11-27(12-15-29)10-13-28-9-8-24-22(28)18-5-2-1-3-6-18/h1-9,16,19-20,25-26H,10-15,17H2. The van der Waals surface area contributed by atoms with Crippen LogP contribution in [0.3, 0.4) is 0 Å². The first kappa shape index (κ1) is 20.4. The van der Waals surface area contributed by atoms with E-state index in [1.807, 2.05) is 35.5 Å². The number of imidazole rings is 1. The number of hydrogen-bond acceptors (Lipinski definition) is 6. The number of thiophene rings is 1. The van der Waals surface area contributed by atoms with Crippen molar-refractivity contribution in [2.45, 2.75) is 25.0 Å². The minimum atomic E-state index is -0.141. The highest BCUT2D eigenvalue weighted by atomic mass is 32.1. The number of nitrogens with one attached hydrogen (secondary N) is 2. The maximum absolute atomic E-state index is 13.0. The van der Waals surface area contributed by atoms with Crippen molar-refractivity contribution in [2.24, 2.45) is 0 Å². The Morgan fingerprint density at radius 1 is 1.03 bits per heavy atom. The van der Waals surface area contributed by atoms with Crippen LogP contribution in [0.1, 0.15) is 17.3 Å². The molecular weight excluding hydrogens is 408 g/mol. The van der Waals surface area contributed by atoms with E-state index in [-0.39, 0.29) is 18.0 Å². The largest absolute Gasteiger partial charge is 0.339 e. The molecular formula is C23H28N6OS. The lowest BCUT2D eigenvalue weighted by atomic mass is 10.1. The second-order valence-corrected chi connectivity index (χ2v) is 9.10. The van der Waals surface area contributed by atoms with Gasteiger partial charge in [-0.2, -0.15) is 0 Å². The monoisotopic (exact) mass is 436 g/mol. The number of amides is 1. The van der Waals surface area contributed by atoms with Gasteiger partial charge in [-0.25, -0.2) is 15.8 Å². The summed E-state index contributed by atoms with van der Waals surface area (Å²) >= 11 is 1.73. The van der Waals surface area contributed by atoms with Gasteiger partial charge in [0, 0.05) is 62.1 Å². The minimum absolute atomic E-state index is 0.141. The molecule has 0 aliphatic carbocycles. The fourth-order valence-electron chi connectivity index (χ4n) is 4.39. The van der Waals surface area contributed by atoms with E-state index >= 15 is 0 Å². The number of hydrogen-bond donors (Lipinski definition) is 2. The predicted octanol–water partition coefficient (Wildman–Crippen LogP) is 2.36. The lowest BCUT2D eigenvalue weighted by Gasteiger charge is -2.36. The topological polar surface area (TPSA) is 65.4 Å². The summed E-state index contributed by atoms with van der Waals surface area (Å²) in [4.78, 5) is 23.2. The summed E-state index contributed by atoms with van der Waals surface area (Å²) in [7, 11) is 0.